The summed E-state index contributed by atoms with van der Waals surface area (Å²) in [6.07, 6.45) is 3.23. The van der Waals surface area contributed by atoms with E-state index in [9.17, 15) is 9.59 Å². The van der Waals surface area contributed by atoms with Gasteiger partial charge >= 0.3 is 5.97 Å². The zero-order chi connectivity index (χ0) is 11.3. The van der Waals surface area contributed by atoms with Gasteiger partial charge in [-0.15, -0.1) is 0 Å². The van der Waals surface area contributed by atoms with Crippen molar-refractivity contribution < 1.29 is 14.7 Å². The number of hydrogen-bond donors (Lipinski definition) is 2. The van der Waals surface area contributed by atoms with Crippen LogP contribution in [0.4, 0.5) is 0 Å². The maximum absolute atomic E-state index is 11.1. The number of aliphatic carboxylic acids is 1. The van der Waals surface area contributed by atoms with E-state index in [4.69, 9.17) is 5.11 Å². The van der Waals surface area contributed by atoms with Crippen LogP contribution in [0, 0.1) is 0 Å². The Balaban J connectivity index is 2.84. The van der Waals surface area contributed by atoms with Gasteiger partial charge in [-0.25, -0.2) is 4.79 Å². The molecule has 0 radical (unpaired) electrons. The van der Waals surface area contributed by atoms with Crippen molar-refractivity contribution in [1.82, 2.24) is 10.3 Å². The molecule has 0 aromatic carbocycles. The highest BCUT2D eigenvalue weighted by molar-refractivity contribution is 5.84. The largest absolute Gasteiger partial charge is 0.479 e. The second kappa shape index (κ2) is 5.09. The Bertz CT molecular complexity index is 351. The summed E-state index contributed by atoms with van der Waals surface area (Å²) in [6.45, 7) is 1.66. The highest BCUT2D eigenvalue weighted by Crippen LogP contribution is 2.11. The summed E-state index contributed by atoms with van der Waals surface area (Å²) in [5.74, 6) is -1.39. The number of carbonyl (C=O) groups excluding carboxylic acids is 1. The number of nitrogens with zero attached hydrogens (tertiary/aromatic N) is 1. The molecule has 5 heteroatoms. The molecule has 1 aromatic rings. The quantitative estimate of drug-likeness (QED) is 0.764. The number of carbonyl (C=O) groups is 2. The summed E-state index contributed by atoms with van der Waals surface area (Å²) in [6, 6.07) is 2.22. The topological polar surface area (TPSA) is 79.3 Å². The molecule has 0 aliphatic carbocycles. The highest BCUT2D eigenvalue weighted by atomic mass is 16.4. The molecule has 5 nitrogen and oxygen atoms in total. The smallest absolute Gasteiger partial charge is 0.330 e. The molecule has 0 bridgehead atoms. The Morgan fingerprint density at radius 1 is 1.60 bits per heavy atom. The lowest BCUT2D eigenvalue weighted by Crippen LogP contribution is -2.33. The Morgan fingerprint density at radius 3 is 2.80 bits per heavy atom. The number of carboxylic acid groups (broad SMARTS) is 1. The minimum atomic E-state index is -1.09. The van der Waals surface area contributed by atoms with Gasteiger partial charge in [0.2, 0.25) is 5.91 Å². The van der Waals surface area contributed by atoms with Gasteiger partial charge in [0.05, 0.1) is 0 Å². The Morgan fingerprint density at radius 2 is 2.33 bits per heavy atom. The van der Waals surface area contributed by atoms with Crippen molar-refractivity contribution in [3.8, 4) is 0 Å². The highest BCUT2D eigenvalue weighted by Gasteiger charge is 2.21. The molecular weight excluding hydrogens is 196 g/mol. The summed E-state index contributed by atoms with van der Waals surface area (Å²) in [7, 11) is 0. The first-order valence-electron chi connectivity index (χ1n) is 4.57. The third-order valence-corrected chi connectivity index (χ3v) is 1.89. The number of pyridine rings is 1. The summed E-state index contributed by atoms with van der Waals surface area (Å²) >= 11 is 0. The van der Waals surface area contributed by atoms with Gasteiger partial charge in [-0.1, -0.05) is 13.0 Å². The number of rotatable bonds is 4. The molecule has 0 aliphatic heterocycles. The first-order chi connectivity index (χ1) is 7.15. The zero-order valence-electron chi connectivity index (χ0n) is 8.30. The van der Waals surface area contributed by atoms with Crippen molar-refractivity contribution in [2.45, 2.75) is 19.4 Å². The predicted molar refractivity (Wildman–Crippen MR) is 53.0 cm³/mol. The molecule has 1 unspecified atom stereocenters. The molecule has 1 atom stereocenters. The fourth-order valence-corrected chi connectivity index (χ4v) is 1.10. The fraction of sp³-hybridized carbons (Fsp3) is 0.300. The lowest BCUT2D eigenvalue weighted by atomic mass is 10.1. The van der Waals surface area contributed by atoms with Crippen LogP contribution in [0.5, 0.6) is 0 Å². The molecule has 2 N–H and O–H groups in total. The molecular formula is C10H12N2O3. The SMILES string of the molecule is CCC(=O)NC(C(=O)O)c1cccnc1. The van der Waals surface area contributed by atoms with Crippen LogP contribution in [0.25, 0.3) is 0 Å². The molecule has 0 aliphatic rings. The van der Waals surface area contributed by atoms with Crippen LogP contribution in [0.3, 0.4) is 0 Å². The van der Waals surface area contributed by atoms with Crippen molar-refractivity contribution in [1.29, 1.82) is 0 Å². The summed E-state index contributed by atoms with van der Waals surface area (Å²) in [5, 5.41) is 11.3. The van der Waals surface area contributed by atoms with Crippen LogP contribution in [0.2, 0.25) is 0 Å². The van der Waals surface area contributed by atoms with Gasteiger partial charge < -0.3 is 10.4 Å². The summed E-state index contributed by atoms with van der Waals surface area (Å²) < 4.78 is 0. The van der Waals surface area contributed by atoms with Crippen LogP contribution in [-0.4, -0.2) is 22.0 Å². The maximum Gasteiger partial charge on any atom is 0.330 e. The van der Waals surface area contributed by atoms with Crippen LogP contribution < -0.4 is 5.32 Å². The van der Waals surface area contributed by atoms with Gasteiger partial charge in [-0.2, -0.15) is 0 Å². The maximum atomic E-state index is 11.1. The third kappa shape index (κ3) is 3.05. The van der Waals surface area contributed by atoms with Gasteiger partial charge in [0.15, 0.2) is 6.04 Å². The number of carboxylic acids is 1. The number of hydrogen-bond acceptors (Lipinski definition) is 3. The average Bonchev–Trinajstić information content (AvgIpc) is 2.26. The van der Waals surface area contributed by atoms with E-state index >= 15 is 0 Å². The lowest BCUT2D eigenvalue weighted by Gasteiger charge is -2.13. The Kier molecular flexibility index (Phi) is 3.79. The van der Waals surface area contributed by atoms with E-state index in [0.29, 0.717) is 5.56 Å². The molecule has 15 heavy (non-hydrogen) atoms. The molecule has 80 valence electrons. The summed E-state index contributed by atoms with van der Waals surface area (Å²) in [4.78, 5) is 25.8. The first kappa shape index (κ1) is 11.2. The standard InChI is InChI=1S/C10H12N2O3/c1-2-8(13)12-9(10(14)15)7-4-3-5-11-6-7/h3-6,9H,2H2,1H3,(H,12,13)(H,14,15). The van der Waals surface area contributed by atoms with E-state index in [0.717, 1.165) is 0 Å². The van der Waals surface area contributed by atoms with Gasteiger partial charge in [0, 0.05) is 24.4 Å². The van der Waals surface area contributed by atoms with Crippen molar-refractivity contribution in [2.24, 2.45) is 0 Å². The van der Waals surface area contributed by atoms with Gasteiger partial charge in [0.25, 0.3) is 0 Å². The predicted octanol–water partition coefficient (Wildman–Crippen LogP) is 0.733. The van der Waals surface area contributed by atoms with Gasteiger partial charge in [-0.3, -0.25) is 9.78 Å². The molecule has 0 saturated carbocycles. The van der Waals surface area contributed by atoms with E-state index in [1.54, 1.807) is 25.3 Å². The molecule has 0 saturated heterocycles. The Labute approximate surface area is 87.1 Å². The van der Waals surface area contributed by atoms with Crippen LogP contribution in [0.15, 0.2) is 24.5 Å². The van der Waals surface area contributed by atoms with Crippen molar-refractivity contribution in [2.75, 3.05) is 0 Å². The molecule has 0 spiro atoms. The molecule has 0 fully saturated rings. The number of nitrogens with one attached hydrogen (secondary N) is 1. The van der Waals surface area contributed by atoms with E-state index in [1.807, 2.05) is 0 Å². The number of amides is 1. The molecule has 1 rings (SSSR count). The second-order valence-electron chi connectivity index (χ2n) is 2.98. The Hall–Kier alpha value is -1.91. The van der Waals surface area contributed by atoms with Crippen molar-refractivity contribution in [3.05, 3.63) is 30.1 Å². The normalized spacial score (nSPS) is 11.8. The molecule has 1 aromatic heterocycles. The monoisotopic (exact) mass is 208 g/mol. The van der Waals surface area contributed by atoms with E-state index < -0.39 is 12.0 Å². The minimum absolute atomic E-state index is 0.254. The number of aromatic nitrogens is 1. The summed E-state index contributed by atoms with van der Waals surface area (Å²) in [5.41, 5.74) is 0.465. The fourth-order valence-electron chi connectivity index (χ4n) is 1.10. The molecule has 1 heterocycles. The zero-order valence-corrected chi connectivity index (χ0v) is 8.30. The van der Waals surface area contributed by atoms with Crippen LogP contribution in [0.1, 0.15) is 24.9 Å². The van der Waals surface area contributed by atoms with Crippen LogP contribution >= 0.6 is 0 Å². The first-order valence-corrected chi connectivity index (χ1v) is 4.57. The van der Waals surface area contributed by atoms with Crippen LogP contribution in [-0.2, 0) is 9.59 Å². The average molecular weight is 208 g/mol. The van der Waals surface area contributed by atoms with E-state index in [2.05, 4.69) is 10.3 Å². The van der Waals surface area contributed by atoms with Crippen molar-refractivity contribution in [3.63, 3.8) is 0 Å². The van der Waals surface area contributed by atoms with Gasteiger partial charge in [-0.05, 0) is 6.07 Å². The third-order valence-electron chi connectivity index (χ3n) is 1.89. The van der Waals surface area contributed by atoms with E-state index in [-0.39, 0.29) is 12.3 Å². The minimum Gasteiger partial charge on any atom is -0.479 e. The molecule has 1 amide bonds. The van der Waals surface area contributed by atoms with E-state index in [1.165, 1.54) is 6.20 Å². The van der Waals surface area contributed by atoms with Crippen molar-refractivity contribution >= 4 is 11.9 Å². The second-order valence-corrected chi connectivity index (χ2v) is 2.98. The lowest BCUT2D eigenvalue weighted by molar-refractivity contribution is -0.142. The van der Waals surface area contributed by atoms with Gasteiger partial charge in [0.1, 0.15) is 0 Å².